The summed E-state index contributed by atoms with van der Waals surface area (Å²) in [5, 5.41) is 7.12. The zero-order chi connectivity index (χ0) is 20.4. The van der Waals surface area contributed by atoms with E-state index in [9.17, 15) is 13.2 Å². The van der Waals surface area contributed by atoms with Gasteiger partial charge in [0.1, 0.15) is 4.21 Å². The van der Waals surface area contributed by atoms with Gasteiger partial charge in [-0.3, -0.25) is 4.79 Å². The summed E-state index contributed by atoms with van der Waals surface area (Å²) in [4.78, 5) is 12.9. The minimum absolute atomic E-state index is 0.0866. The first-order valence-electron chi connectivity index (χ1n) is 9.78. The van der Waals surface area contributed by atoms with Crippen LogP contribution >= 0.6 is 11.3 Å². The fourth-order valence-electron chi connectivity index (χ4n) is 3.95. The molecule has 5 nitrogen and oxygen atoms in total. The molecule has 1 N–H and O–H groups in total. The number of nitrogens with zero attached hydrogens (tertiary/aromatic N) is 1. The zero-order valence-corrected chi connectivity index (χ0v) is 17.9. The number of amides is 1. The third-order valence-corrected chi connectivity index (χ3v) is 8.73. The molecule has 0 unspecified atom stereocenters. The monoisotopic (exact) mass is 428 g/mol. The summed E-state index contributed by atoms with van der Waals surface area (Å²) in [5.41, 5.74) is 1.07. The smallest absolute Gasteiger partial charge is 0.252 e. The summed E-state index contributed by atoms with van der Waals surface area (Å²) in [6, 6.07) is 17.4. The second-order valence-corrected chi connectivity index (χ2v) is 10.5. The van der Waals surface area contributed by atoms with E-state index in [0.717, 1.165) is 16.3 Å². The summed E-state index contributed by atoms with van der Waals surface area (Å²) >= 11 is 1.21. The summed E-state index contributed by atoms with van der Waals surface area (Å²) in [6.45, 7) is 2.67. The van der Waals surface area contributed by atoms with Crippen LogP contribution in [0.15, 0.2) is 64.2 Å². The number of hydrogen-bond donors (Lipinski definition) is 1. The molecule has 3 aromatic rings. The van der Waals surface area contributed by atoms with Crippen LogP contribution in [-0.2, 0) is 14.8 Å². The number of fused-ring (bicyclic) bond motifs is 1. The molecule has 7 heteroatoms. The lowest BCUT2D eigenvalue weighted by molar-refractivity contribution is -0.126. The molecular formula is C22H24N2O3S2. The van der Waals surface area contributed by atoms with Gasteiger partial charge in [0, 0.05) is 13.1 Å². The molecule has 1 fully saturated rings. The molecule has 0 saturated carbocycles. The first-order chi connectivity index (χ1) is 14.0. The van der Waals surface area contributed by atoms with Crippen LogP contribution in [0.2, 0.25) is 0 Å². The molecule has 0 bridgehead atoms. The van der Waals surface area contributed by atoms with Gasteiger partial charge in [0.2, 0.25) is 5.91 Å². The Hall–Kier alpha value is -2.22. The van der Waals surface area contributed by atoms with Crippen LogP contribution < -0.4 is 5.32 Å². The molecular weight excluding hydrogens is 404 g/mol. The van der Waals surface area contributed by atoms with Crippen molar-refractivity contribution in [1.82, 2.24) is 9.62 Å². The number of rotatable bonds is 5. The predicted molar refractivity (Wildman–Crippen MR) is 116 cm³/mol. The Labute approximate surface area is 175 Å². The molecule has 2 heterocycles. The van der Waals surface area contributed by atoms with Gasteiger partial charge in [-0.05, 0) is 47.5 Å². The van der Waals surface area contributed by atoms with Crippen LogP contribution in [-0.4, -0.2) is 31.7 Å². The number of thiophene rings is 1. The molecule has 0 radical (unpaired) electrons. The van der Waals surface area contributed by atoms with Crippen molar-refractivity contribution in [3.63, 3.8) is 0 Å². The van der Waals surface area contributed by atoms with Crippen molar-refractivity contribution < 1.29 is 13.2 Å². The molecule has 2 aromatic carbocycles. The lowest BCUT2D eigenvalue weighted by atomic mass is 9.96. The van der Waals surface area contributed by atoms with Crippen LogP contribution in [0.4, 0.5) is 0 Å². The van der Waals surface area contributed by atoms with Gasteiger partial charge in [0.05, 0.1) is 12.0 Å². The molecule has 1 saturated heterocycles. The van der Waals surface area contributed by atoms with Crippen molar-refractivity contribution in [2.24, 2.45) is 5.92 Å². The standard InChI is InChI=1S/C22H24N2O3S2/c1-16(19-11-4-8-17-7-2-3-10-20(17)19)23-22(25)18-9-5-13-24(15-18)29(26,27)21-12-6-14-28-21/h2-4,6-8,10-12,14,16,18H,5,9,13,15H2,1H3,(H,23,25)/t16-,18-/m0/s1. The Morgan fingerprint density at radius 3 is 2.72 bits per heavy atom. The van der Waals surface area contributed by atoms with Crippen LogP contribution in [0, 0.1) is 5.92 Å². The van der Waals surface area contributed by atoms with Crippen molar-refractivity contribution >= 4 is 38.0 Å². The molecule has 1 amide bonds. The molecule has 29 heavy (non-hydrogen) atoms. The minimum Gasteiger partial charge on any atom is -0.349 e. The van der Waals surface area contributed by atoms with E-state index in [0.29, 0.717) is 23.6 Å². The molecule has 1 aromatic heterocycles. The Morgan fingerprint density at radius 1 is 1.14 bits per heavy atom. The van der Waals surface area contributed by atoms with Crippen LogP contribution in [0.1, 0.15) is 31.4 Å². The maximum absolute atomic E-state index is 12.9. The topological polar surface area (TPSA) is 66.5 Å². The second-order valence-electron chi connectivity index (χ2n) is 7.43. The maximum atomic E-state index is 12.9. The highest BCUT2D eigenvalue weighted by atomic mass is 32.2. The van der Waals surface area contributed by atoms with E-state index in [2.05, 4.69) is 23.5 Å². The second kappa shape index (κ2) is 8.26. The van der Waals surface area contributed by atoms with Crippen LogP contribution in [0.3, 0.4) is 0 Å². The largest absolute Gasteiger partial charge is 0.349 e. The van der Waals surface area contributed by atoms with E-state index < -0.39 is 10.0 Å². The molecule has 2 atom stereocenters. The molecule has 4 rings (SSSR count). The molecule has 1 aliphatic rings. The van der Waals surface area contributed by atoms with E-state index >= 15 is 0 Å². The van der Waals surface area contributed by atoms with E-state index in [1.54, 1.807) is 17.5 Å². The molecule has 0 aliphatic carbocycles. The van der Waals surface area contributed by atoms with Gasteiger partial charge in [-0.25, -0.2) is 8.42 Å². The Morgan fingerprint density at radius 2 is 1.93 bits per heavy atom. The van der Waals surface area contributed by atoms with Gasteiger partial charge in [-0.2, -0.15) is 4.31 Å². The third kappa shape index (κ3) is 4.08. The lowest BCUT2D eigenvalue weighted by Gasteiger charge is -2.31. The van der Waals surface area contributed by atoms with Gasteiger partial charge in [0.15, 0.2) is 0 Å². The number of sulfonamides is 1. The average molecular weight is 429 g/mol. The van der Waals surface area contributed by atoms with Gasteiger partial charge < -0.3 is 5.32 Å². The van der Waals surface area contributed by atoms with Crippen LogP contribution in [0.25, 0.3) is 10.8 Å². The number of carbonyl (C=O) groups excluding carboxylic acids is 1. The molecule has 0 spiro atoms. The zero-order valence-electron chi connectivity index (χ0n) is 16.2. The highest BCUT2D eigenvalue weighted by Crippen LogP contribution is 2.28. The normalized spacial score (nSPS) is 19.1. The lowest BCUT2D eigenvalue weighted by Crippen LogP contribution is -2.45. The number of benzene rings is 2. The first kappa shape index (κ1) is 20.1. The van der Waals surface area contributed by atoms with Crippen molar-refractivity contribution in [1.29, 1.82) is 0 Å². The fourth-order valence-corrected chi connectivity index (χ4v) is 6.62. The minimum atomic E-state index is -3.52. The Kier molecular flexibility index (Phi) is 5.72. The Balaban J connectivity index is 1.48. The Bertz CT molecular complexity index is 1100. The number of piperidine rings is 1. The third-order valence-electron chi connectivity index (χ3n) is 5.49. The highest BCUT2D eigenvalue weighted by Gasteiger charge is 2.34. The first-order valence-corrected chi connectivity index (χ1v) is 12.1. The van der Waals surface area contributed by atoms with E-state index in [-0.39, 0.29) is 24.4 Å². The summed E-state index contributed by atoms with van der Waals surface area (Å²) in [6.07, 6.45) is 1.38. The van der Waals surface area contributed by atoms with Gasteiger partial charge in [-0.1, -0.05) is 48.5 Å². The maximum Gasteiger partial charge on any atom is 0.252 e. The summed E-state index contributed by atoms with van der Waals surface area (Å²) in [7, 11) is -3.52. The van der Waals surface area contributed by atoms with E-state index in [4.69, 9.17) is 0 Å². The fraction of sp³-hybridized carbons (Fsp3) is 0.318. The van der Waals surface area contributed by atoms with E-state index in [1.807, 2.05) is 31.2 Å². The quantitative estimate of drug-likeness (QED) is 0.663. The van der Waals surface area contributed by atoms with Crippen molar-refractivity contribution in [2.45, 2.75) is 30.0 Å². The van der Waals surface area contributed by atoms with Gasteiger partial charge in [0.25, 0.3) is 10.0 Å². The number of carbonyl (C=O) groups is 1. The average Bonchev–Trinajstić information content (AvgIpc) is 3.29. The van der Waals surface area contributed by atoms with E-state index in [1.165, 1.54) is 15.6 Å². The number of nitrogens with one attached hydrogen (secondary N) is 1. The van der Waals surface area contributed by atoms with Crippen molar-refractivity contribution in [3.05, 3.63) is 65.5 Å². The van der Waals surface area contributed by atoms with Crippen LogP contribution in [0.5, 0.6) is 0 Å². The summed E-state index contributed by atoms with van der Waals surface area (Å²) in [5.74, 6) is -0.424. The number of hydrogen-bond acceptors (Lipinski definition) is 4. The SMILES string of the molecule is C[C@H](NC(=O)[C@H]1CCCN(S(=O)(=O)c2cccs2)C1)c1cccc2ccccc12. The van der Waals surface area contributed by atoms with Crippen molar-refractivity contribution in [3.8, 4) is 0 Å². The van der Waals surface area contributed by atoms with Crippen molar-refractivity contribution in [2.75, 3.05) is 13.1 Å². The van der Waals surface area contributed by atoms with Gasteiger partial charge >= 0.3 is 0 Å². The summed E-state index contributed by atoms with van der Waals surface area (Å²) < 4.78 is 27.4. The highest BCUT2D eigenvalue weighted by molar-refractivity contribution is 7.91. The predicted octanol–water partition coefficient (Wildman–Crippen LogP) is 4.18. The van der Waals surface area contributed by atoms with Gasteiger partial charge in [-0.15, -0.1) is 11.3 Å². The molecule has 1 aliphatic heterocycles. The molecule has 152 valence electrons.